The Hall–Kier alpha value is -1.55. The molecule has 1 unspecified atom stereocenters. The Balaban J connectivity index is 2.48. The molecule has 3 nitrogen and oxygen atoms in total. The molecular weight excluding hydrogens is 245 g/mol. The summed E-state index contributed by atoms with van der Waals surface area (Å²) in [6.07, 6.45) is -0.684. The summed E-state index contributed by atoms with van der Waals surface area (Å²) in [6.45, 7) is 5.23. The largest absolute Gasteiger partial charge is 0.481 e. The second-order valence-electron chi connectivity index (χ2n) is 3.45. The average Bonchev–Trinajstić information content (AvgIpc) is 2.28. The van der Waals surface area contributed by atoms with Gasteiger partial charge >= 0.3 is 0 Å². The Kier molecular flexibility index (Phi) is 4.97. The average molecular weight is 258 g/mol. The quantitative estimate of drug-likeness (QED) is 0.880. The highest BCUT2D eigenvalue weighted by molar-refractivity contribution is 6.29. The lowest BCUT2D eigenvalue weighted by Crippen LogP contribution is -2.36. The van der Waals surface area contributed by atoms with Crippen LogP contribution in [0, 0.1) is 5.82 Å². The highest BCUT2D eigenvalue weighted by Crippen LogP contribution is 2.13. The first kappa shape index (κ1) is 13.5. The molecule has 1 aromatic rings. The third-order valence-corrected chi connectivity index (χ3v) is 2.08. The van der Waals surface area contributed by atoms with Crippen LogP contribution in [0.3, 0.4) is 0 Å². The van der Waals surface area contributed by atoms with Crippen LogP contribution in [-0.4, -0.2) is 18.6 Å². The molecule has 0 saturated carbocycles. The molecule has 0 fully saturated rings. The van der Waals surface area contributed by atoms with Crippen LogP contribution in [-0.2, 0) is 4.79 Å². The molecule has 1 amide bonds. The number of rotatable bonds is 5. The number of nitrogens with one attached hydrogen (secondary N) is 1. The van der Waals surface area contributed by atoms with E-state index in [1.165, 1.54) is 24.3 Å². The summed E-state index contributed by atoms with van der Waals surface area (Å²) in [5.41, 5.74) is 0. The molecule has 1 atom stereocenters. The molecule has 0 heterocycles. The van der Waals surface area contributed by atoms with E-state index in [0.717, 1.165) is 0 Å². The van der Waals surface area contributed by atoms with Crippen LogP contribution in [0.15, 0.2) is 35.9 Å². The zero-order valence-electron chi connectivity index (χ0n) is 9.37. The minimum absolute atomic E-state index is 0.192. The first-order valence-corrected chi connectivity index (χ1v) is 5.40. The molecule has 1 aromatic carbocycles. The van der Waals surface area contributed by atoms with Gasteiger partial charge in [-0.05, 0) is 31.2 Å². The van der Waals surface area contributed by atoms with Gasteiger partial charge in [-0.15, -0.1) is 0 Å². The Morgan fingerprint density at radius 3 is 2.65 bits per heavy atom. The van der Waals surface area contributed by atoms with E-state index in [0.29, 0.717) is 10.8 Å². The van der Waals surface area contributed by atoms with Gasteiger partial charge < -0.3 is 10.1 Å². The molecule has 1 rings (SSSR count). The van der Waals surface area contributed by atoms with Gasteiger partial charge in [0.2, 0.25) is 0 Å². The normalized spacial score (nSPS) is 11.7. The molecular formula is C12H13ClFNO2. The number of carbonyl (C=O) groups is 1. The monoisotopic (exact) mass is 257 g/mol. The van der Waals surface area contributed by atoms with Crippen molar-refractivity contribution in [2.45, 2.75) is 13.0 Å². The Labute approximate surface area is 104 Å². The van der Waals surface area contributed by atoms with Gasteiger partial charge in [0.15, 0.2) is 6.10 Å². The number of amides is 1. The van der Waals surface area contributed by atoms with Crippen LogP contribution in [0.1, 0.15) is 6.92 Å². The van der Waals surface area contributed by atoms with Crippen molar-refractivity contribution in [2.75, 3.05) is 6.54 Å². The topological polar surface area (TPSA) is 38.3 Å². The molecule has 0 aliphatic carbocycles. The summed E-state index contributed by atoms with van der Waals surface area (Å²) in [4.78, 5) is 11.5. The van der Waals surface area contributed by atoms with E-state index in [-0.39, 0.29) is 18.3 Å². The van der Waals surface area contributed by atoms with Crippen LogP contribution >= 0.6 is 11.6 Å². The molecule has 0 aliphatic heterocycles. The minimum atomic E-state index is -0.684. The predicted molar refractivity (Wildman–Crippen MR) is 64.5 cm³/mol. The van der Waals surface area contributed by atoms with Gasteiger partial charge in [-0.3, -0.25) is 4.79 Å². The van der Waals surface area contributed by atoms with E-state index < -0.39 is 6.10 Å². The molecule has 0 aromatic heterocycles. The number of carbonyl (C=O) groups excluding carboxylic acids is 1. The Morgan fingerprint density at radius 2 is 2.12 bits per heavy atom. The molecule has 17 heavy (non-hydrogen) atoms. The van der Waals surface area contributed by atoms with Gasteiger partial charge in [0.05, 0.1) is 6.54 Å². The van der Waals surface area contributed by atoms with Crippen molar-refractivity contribution in [3.05, 3.63) is 41.7 Å². The van der Waals surface area contributed by atoms with Gasteiger partial charge in [-0.25, -0.2) is 4.39 Å². The first-order chi connectivity index (χ1) is 7.99. The summed E-state index contributed by atoms with van der Waals surface area (Å²) >= 11 is 5.51. The fraction of sp³-hybridized carbons (Fsp3) is 0.250. The second-order valence-corrected chi connectivity index (χ2v) is 3.98. The highest BCUT2D eigenvalue weighted by Gasteiger charge is 2.14. The fourth-order valence-electron chi connectivity index (χ4n) is 1.10. The molecule has 0 bridgehead atoms. The van der Waals surface area contributed by atoms with E-state index in [9.17, 15) is 9.18 Å². The van der Waals surface area contributed by atoms with Gasteiger partial charge in [0.25, 0.3) is 5.91 Å². The van der Waals surface area contributed by atoms with E-state index >= 15 is 0 Å². The third-order valence-electron chi connectivity index (χ3n) is 1.95. The van der Waals surface area contributed by atoms with Crippen LogP contribution in [0.25, 0.3) is 0 Å². The number of hydrogen-bond acceptors (Lipinski definition) is 2. The van der Waals surface area contributed by atoms with Crippen LogP contribution < -0.4 is 10.1 Å². The lowest BCUT2D eigenvalue weighted by Gasteiger charge is -2.14. The maximum Gasteiger partial charge on any atom is 0.261 e. The second kappa shape index (κ2) is 6.25. The number of hydrogen-bond donors (Lipinski definition) is 1. The molecule has 0 radical (unpaired) electrons. The van der Waals surface area contributed by atoms with Gasteiger partial charge in [0.1, 0.15) is 11.6 Å². The summed E-state index contributed by atoms with van der Waals surface area (Å²) in [7, 11) is 0. The Morgan fingerprint density at radius 1 is 1.53 bits per heavy atom. The van der Waals surface area contributed by atoms with Crippen LogP contribution in [0.2, 0.25) is 0 Å². The summed E-state index contributed by atoms with van der Waals surface area (Å²) in [6, 6.07) is 5.44. The molecule has 5 heteroatoms. The molecule has 92 valence electrons. The van der Waals surface area contributed by atoms with E-state index in [2.05, 4.69) is 11.9 Å². The van der Waals surface area contributed by atoms with Crippen molar-refractivity contribution in [1.82, 2.24) is 5.32 Å². The van der Waals surface area contributed by atoms with E-state index in [1.54, 1.807) is 6.92 Å². The van der Waals surface area contributed by atoms with Crippen LogP contribution in [0.4, 0.5) is 4.39 Å². The number of halogens is 2. The van der Waals surface area contributed by atoms with Crippen molar-refractivity contribution in [1.29, 1.82) is 0 Å². The molecule has 0 aliphatic rings. The summed E-state index contributed by atoms with van der Waals surface area (Å²) < 4.78 is 17.9. The van der Waals surface area contributed by atoms with Crippen molar-refractivity contribution >= 4 is 17.5 Å². The standard InChI is InChI=1S/C12H13ClFNO2/c1-8(13)7-15-12(16)9(2)17-11-5-3-10(14)4-6-11/h3-6,9H,1,7H2,2H3,(H,15,16). The molecule has 0 spiro atoms. The lowest BCUT2D eigenvalue weighted by molar-refractivity contribution is -0.127. The predicted octanol–water partition coefficient (Wildman–Crippen LogP) is 2.46. The minimum Gasteiger partial charge on any atom is -0.481 e. The first-order valence-electron chi connectivity index (χ1n) is 5.02. The van der Waals surface area contributed by atoms with E-state index in [4.69, 9.17) is 16.3 Å². The van der Waals surface area contributed by atoms with Gasteiger partial charge in [-0.1, -0.05) is 18.2 Å². The third kappa shape index (κ3) is 4.87. The maximum atomic E-state index is 12.6. The zero-order valence-corrected chi connectivity index (χ0v) is 10.1. The van der Waals surface area contributed by atoms with Gasteiger partial charge in [0, 0.05) is 5.03 Å². The van der Waals surface area contributed by atoms with Crippen LogP contribution in [0.5, 0.6) is 5.75 Å². The molecule has 1 N–H and O–H groups in total. The Bertz CT molecular complexity index is 405. The van der Waals surface area contributed by atoms with Crippen molar-refractivity contribution in [3.8, 4) is 5.75 Å². The van der Waals surface area contributed by atoms with E-state index in [1.807, 2.05) is 0 Å². The van der Waals surface area contributed by atoms with Crippen molar-refractivity contribution in [3.63, 3.8) is 0 Å². The zero-order chi connectivity index (χ0) is 12.8. The lowest BCUT2D eigenvalue weighted by atomic mass is 10.3. The summed E-state index contributed by atoms with van der Waals surface area (Å²) in [5, 5.41) is 2.88. The van der Waals surface area contributed by atoms with Crippen molar-refractivity contribution in [2.24, 2.45) is 0 Å². The smallest absolute Gasteiger partial charge is 0.261 e. The molecule has 0 saturated heterocycles. The van der Waals surface area contributed by atoms with Gasteiger partial charge in [-0.2, -0.15) is 0 Å². The SMILES string of the molecule is C=C(Cl)CNC(=O)C(C)Oc1ccc(F)cc1. The summed E-state index contributed by atoms with van der Waals surface area (Å²) in [5.74, 6) is -0.234. The highest BCUT2D eigenvalue weighted by atomic mass is 35.5. The number of benzene rings is 1. The number of ether oxygens (including phenoxy) is 1. The van der Waals surface area contributed by atoms with Crippen molar-refractivity contribution < 1.29 is 13.9 Å². The maximum absolute atomic E-state index is 12.6. The fourth-order valence-corrected chi connectivity index (χ4v) is 1.16.